The van der Waals surface area contributed by atoms with Crippen molar-refractivity contribution in [3.05, 3.63) is 29.7 Å². The molecular weight excluding hydrogens is 308 g/mol. The number of rotatable bonds is 3. The van der Waals surface area contributed by atoms with Crippen molar-refractivity contribution >= 4 is 17.5 Å². The van der Waals surface area contributed by atoms with E-state index in [1.165, 1.54) is 16.9 Å². The number of carbonyl (C=O) groups excluding carboxylic acids is 2. The van der Waals surface area contributed by atoms with Gasteiger partial charge in [0.15, 0.2) is 5.65 Å². The second-order valence-electron chi connectivity index (χ2n) is 6.56. The lowest BCUT2D eigenvalue weighted by atomic mass is 9.99. The van der Waals surface area contributed by atoms with Crippen LogP contribution in [0, 0.1) is 5.92 Å². The van der Waals surface area contributed by atoms with E-state index in [1.54, 1.807) is 6.07 Å². The Morgan fingerprint density at radius 1 is 1.33 bits per heavy atom. The van der Waals surface area contributed by atoms with Gasteiger partial charge in [0.25, 0.3) is 11.8 Å². The lowest BCUT2D eigenvalue weighted by Gasteiger charge is -2.42. The molecular formula is C16H22N6O2. The molecule has 1 fully saturated rings. The molecule has 3 rings (SSSR count). The lowest BCUT2D eigenvalue weighted by molar-refractivity contribution is 0.0394. The summed E-state index contributed by atoms with van der Waals surface area (Å²) < 4.78 is 1.40. The molecule has 2 N–H and O–H groups in total. The van der Waals surface area contributed by atoms with Crippen molar-refractivity contribution in [1.82, 2.24) is 24.4 Å². The number of nitrogens with two attached hydrogens (primary N) is 1. The number of hydrogen-bond acceptors (Lipinski definition) is 5. The zero-order valence-electron chi connectivity index (χ0n) is 14.1. The molecule has 0 bridgehead atoms. The average Bonchev–Trinajstić information content (AvgIpc) is 2.98. The van der Waals surface area contributed by atoms with E-state index in [0.717, 1.165) is 13.1 Å². The van der Waals surface area contributed by atoms with Crippen LogP contribution in [0.15, 0.2) is 18.5 Å². The molecule has 2 aromatic heterocycles. The summed E-state index contributed by atoms with van der Waals surface area (Å²) in [6, 6.07) is 1.76. The van der Waals surface area contributed by atoms with Crippen molar-refractivity contribution in [3.63, 3.8) is 0 Å². The van der Waals surface area contributed by atoms with Crippen LogP contribution >= 0.6 is 0 Å². The van der Waals surface area contributed by atoms with Gasteiger partial charge in [0.05, 0.1) is 6.20 Å². The molecule has 0 radical (unpaired) electrons. The standard InChI is InChI=1S/C16H22N6O2/c1-10(2)13-9-20(3)6-7-21(13)16(24)12-4-5-18-15-11(14(17)23)8-19-22(12)15/h4-5,8,10,13H,6-7,9H2,1-3H3,(H2,17,23). The molecule has 0 spiro atoms. The minimum absolute atomic E-state index is 0.103. The van der Waals surface area contributed by atoms with Gasteiger partial charge in [-0.05, 0) is 19.0 Å². The predicted octanol–water partition coefficient (Wildman–Crippen LogP) is 0.240. The van der Waals surface area contributed by atoms with E-state index in [2.05, 4.69) is 35.9 Å². The van der Waals surface area contributed by atoms with Crippen molar-refractivity contribution in [2.75, 3.05) is 26.7 Å². The van der Waals surface area contributed by atoms with Crippen LogP contribution in [0.1, 0.15) is 34.7 Å². The molecule has 0 aromatic carbocycles. The van der Waals surface area contributed by atoms with Crippen LogP contribution in [0.2, 0.25) is 0 Å². The van der Waals surface area contributed by atoms with Gasteiger partial charge in [-0.15, -0.1) is 0 Å². The van der Waals surface area contributed by atoms with E-state index in [9.17, 15) is 9.59 Å². The van der Waals surface area contributed by atoms with E-state index in [1.807, 2.05) is 4.90 Å². The third-order valence-electron chi connectivity index (χ3n) is 4.54. The number of amides is 2. The highest BCUT2D eigenvalue weighted by Gasteiger charge is 2.33. The first-order chi connectivity index (χ1) is 11.4. The highest BCUT2D eigenvalue weighted by molar-refractivity contribution is 6.00. The third-order valence-corrected chi connectivity index (χ3v) is 4.54. The molecule has 1 atom stereocenters. The Kier molecular flexibility index (Phi) is 4.23. The van der Waals surface area contributed by atoms with Gasteiger partial charge in [-0.1, -0.05) is 13.8 Å². The summed E-state index contributed by atoms with van der Waals surface area (Å²) in [6.45, 7) is 6.56. The van der Waals surface area contributed by atoms with Gasteiger partial charge in [-0.25, -0.2) is 9.50 Å². The summed E-state index contributed by atoms with van der Waals surface area (Å²) in [5.41, 5.74) is 6.25. The van der Waals surface area contributed by atoms with Crippen molar-refractivity contribution in [2.45, 2.75) is 19.9 Å². The van der Waals surface area contributed by atoms with Gasteiger partial charge in [0.2, 0.25) is 0 Å². The number of aromatic nitrogens is 3. The smallest absolute Gasteiger partial charge is 0.273 e. The molecule has 24 heavy (non-hydrogen) atoms. The number of hydrogen-bond donors (Lipinski definition) is 1. The molecule has 1 saturated heterocycles. The van der Waals surface area contributed by atoms with Crippen molar-refractivity contribution < 1.29 is 9.59 Å². The second-order valence-corrected chi connectivity index (χ2v) is 6.56. The first-order valence-electron chi connectivity index (χ1n) is 8.02. The minimum atomic E-state index is -0.609. The topological polar surface area (TPSA) is 96.8 Å². The Morgan fingerprint density at radius 3 is 2.75 bits per heavy atom. The van der Waals surface area contributed by atoms with E-state index >= 15 is 0 Å². The van der Waals surface area contributed by atoms with Crippen LogP contribution in [0.4, 0.5) is 0 Å². The molecule has 2 aromatic rings. The predicted molar refractivity (Wildman–Crippen MR) is 88.7 cm³/mol. The largest absolute Gasteiger partial charge is 0.365 e. The molecule has 2 amide bonds. The molecule has 3 heterocycles. The number of fused-ring (bicyclic) bond motifs is 1. The van der Waals surface area contributed by atoms with Gasteiger partial charge >= 0.3 is 0 Å². The van der Waals surface area contributed by atoms with Gasteiger partial charge in [-0.3, -0.25) is 9.59 Å². The highest BCUT2D eigenvalue weighted by atomic mass is 16.2. The number of likely N-dealkylation sites (N-methyl/N-ethyl adjacent to an activating group) is 1. The number of carbonyl (C=O) groups is 2. The number of primary amides is 1. The lowest BCUT2D eigenvalue weighted by Crippen LogP contribution is -2.56. The van der Waals surface area contributed by atoms with Crippen LogP contribution in [0.3, 0.4) is 0 Å². The summed E-state index contributed by atoms with van der Waals surface area (Å²) >= 11 is 0. The van der Waals surface area contributed by atoms with Crippen LogP contribution in [0.25, 0.3) is 5.65 Å². The molecule has 128 valence electrons. The summed E-state index contributed by atoms with van der Waals surface area (Å²) in [7, 11) is 2.06. The Morgan fingerprint density at radius 2 is 2.08 bits per heavy atom. The Bertz CT molecular complexity index is 784. The quantitative estimate of drug-likeness (QED) is 0.869. The highest BCUT2D eigenvalue weighted by Crippen LogP contribution is 2.20. The van der Waals surface area contributed by atoms with Crippen LogP contribution < -0.4 is 5.73 Å². The zero-order valence-corrected chi connectivity index (χ0v) is 14.1. The fraction of sp³-hybridized carbons (Fsp3) is 0.500. The first-order valence-corrected chi connectivity index (χ1v) is 8.02. The molecule has 1 aliphatic rings. The van der Waals surface area contributed by atoms with E-state index in [4.69, 9.17) is 5.73 Å². The van der Waals surface area contributed by atoms with E-state index < -0.39 is 5.91 Å². The second kappa shape index (κ2) is 6.20. The summed E-state index contributed by atoms with van der Waals surface area (Å²) in [4.78, 5) is 32.8. The van der Waals surface area contributed by atoms with E-state index in [-0.39, 0.29) is 17.5 Å². The first kappa shape index (κ1) is 16.4. The average molecular weight is 330 g/mol. The van der Waals surface area contributed by atoms with Gasteiger partial charge in [0.1, 0.15) is 11.3 Å². The normalized spacial score (nSPS) is 19.2. The molecule has 1 aliphatic heterocycles. The Hall–Kier alpha value is -2.48. The van der Waals surface area contributed by atoms with Crippen LogP contribution in [-0.4, -0.2) is 68.9 Å². The van der Waals surface area contributed by atoms with E-state index in [0.29, 0.717) is 23.8 Å². The van der Waals surface area contributed by atoms with Gasteiger partial charge < -0.3 is 15.5 Å². The van der Waals surface area contributed by atoms with Crippen molar-refractivity contribution in [3.8, 4) is 0 Å². The van der Waals surface area contributed by atoms with Crippen molar-refractivity contribution in [2.24, 2.45) is 11.7 Å². The van der Waals surface area contributed by atoms with Gasteiger partial charge in [-0.2, -0.15) is 5.10 Å². The monoisotopic (exact) mass is 330 g/mol. The fourth-order valence-corrected chi connectivity index (χ4v) is 3.15. The summed E-state index contributed by atoms with van der Waals surface area (Å²) in [5.74, 6) is -0.372. The minimum Gasteiger partial charge on any atom is -0.365 e. The third kappa shape index (κ3) is 2.73. The molecule has 0 saturated carbocycles. The summed E-state index contributed by atoms with van der Waals surface area (Å²) in [5, 5.41) is 4.14. The summed E-state index contributed by atoms with van der Waals surface area (Å²) in [6.07, 6.45) is 2.86. The number of piperazine rings is 1. The SMILES string of the molecule is CC(C)C1CN(C)CCN1C(=O)c1ccnc2c(C(N)=O)cnn12. The molecule has 1 unspecified atom stereocenters. The number of nitrogens with zero attached hydrogens (tertiary/aromatic N) is 5. The maximum absolute atomic E-state index is 13.1. The maximum Gasteiger partial charge on any atom is 0.273 e. The molecule has 8 nitrogen and oxygen atoms in total. The van der Waals surface area contributed by atoms with Crippen LogP contribution in [0.5, 0.6) is 0 Å². The zero-order chi connectivity index (χ0) is 17.4. The van der Waals surface area contributed by atoms with Gasteiger partial charge in [0, 0.05) is 31.9 Å². The van der Waals surface area contributed by atoms with Crippen LogP contribution in [-0.2, 0) is 0 Å². The fourth-order valence-electron chi connectivity index (χ4n) is 3.15. The molecule has 0 aliphatic carbocycles. The maximum atomic E-state index is 13.1. The Balaban J connectivity index is 2.00. The Labute approximate surface area is 140 Å². The molecule has 8 heteroatoms. The van der Waals surface area contributed by atoms with Crippen molar-refractivity contribution in [1.29, 1.82) is 0 Å².